The standard InChI is InChI=1S/C13H12ClN3O3/c1-3-12-15-11(14)7-13(16-12)20-10-5-4-9(17(18)19)6-8(10)2/h4-7H,3H2,1-2H3. The number of aryl methyl sites for hydroxylation is 2. The van der Waals surface area contributed by atoms with Crippen LogP contribution in [-0.4, -0.2) is 14.9 Å². The molecule has 104 valence electrons. The molecule has 0 fully saturated rings. The molecule has 2 rings (SSSR count). The number of non-ortho nitro benzene ring substituents is 1. The van der Waals surface area contributed by atoms with Gasteiger partial charge in [-0.15, -0.1) is 0 Å². The summed E-state index contributed by atoms with van der Waals surface area (Å²) in [6.45, 7) is 3.64. The Labute approximate surface area is 120 Å². The molecule has 0 aliphatic rings. The molecule has 0 saturated heterocycles. The Morgan fingerprint density at radius 1 is 1.35 bits per heavy atom. The molecule has 0 saturated carbocycles. The number of nitro benzene ring substituents is 1. The maximum Gasteiger partial charge on any atom is 0.269 e. The average molecular weight is 294 g/mol. The number of rotatable bonds is 4. The summed E-state index contributed by atoms with van der Waals surface area (Å²) in [6, 6.07) is 5.86. The van der Waals surface area contributed by atoms with Gasteiger partial charge in [-0.1, -0.05) is 18.5 Å². The molecule has 1 aromatic carbocycles. The molecule has 0 N–H and O–H groups in total. The molecule has 0 aliphatic heterocycles. The Bertz CT molecular complexity index is 661. The van der Waals surface area contributed by atoms with Gasteiger partial charge in [0.05, 0.1) is 4.92 Å². The van der Waals surface area contributed by atoms with E-state index in [0.717, 1.165) is 0 Å². The summed E-state index contributed by atoms with van der Waals surface area (Å²) >= 11 is 5.88. The molecule has 7 heteroatoms. The second-order valence-corrected chi connectivity index (χ2v) is 4.49. The van der Waals surface area contributed by atoms with Crippen molar-refractivity contribution in [1.82, 2.24) is 9.97 Å². The van der Waals surface area contributed by atoms with Gasteiger partial charge in [-0.3, -0.25) is 10.1 Å². The number of aromatic nitrogens is 2. The number of nitrogens with zero attached hydrogens (tertiary/aromatic N) is 3. The third kappa shape index (κ3) is 3.21. The molecule has 1 heterocycles. The zero-order chi connectivity index (χ0) is 14.7. The Morgan fingerprint density at radius 2 is 2.10 bits per heavy atom. The summed E-state index contributed by atoms with van der Waals surface area (Å²) in [4.78, 5) is 18.5. The predicted molar refractivity (Wildman–Crippen MR) is 74.3 cm³/mol. The number of benzene rings is 1. The Kier molecular flexibility index (Phi) is 4.14. The fourth-order valence-electron chi connectivity index (χ4n) is 1.63. The molecular weight excluding hydrogens is 282 g/mol. The monoisotopic (exact) mass is 293 g/mol. The highest BCUT2D eigenvalue weighted by Crippen LogP contribution is 2.28. The second kappa shape index (κ2) is 5.83. The molecule has 1 aromatic heterocycles. The van der Waals surface area contributed by atoms with Crippen LogP contribution in [0, 0.1) is 17.0 Å². The highest BCUT2D eigenvalue weighted by molar-refractivity contribution is 6.29. The van der Waals surface area contributed by atoms with Crippen LogP contribution in [0.15, 0.2) is 24.3 Å². The first-order valence-corrected chi connectivity index (χ1v) is 6.33. The van der Waals surface area contributed by atoms with Crippen molar-refractivity contribution >= 4 is 17.3 Å². The van der Waals surface area contributed by atoms with Crippen molar-refractivity contribution < 1.29 is 9.66 Å². The van der Waals surface area contributed by atoms with Crippen molar-refractivity contribution in [3.8, 4) is 11.6 Å². The fourth-order valence-corrected chi connectivity index (χ4v) is 1.82. The van der Waals surface area contributed by atoms with E-state index < -0.39 is 4.92 Å². The van der Waals surface area contributed by atoms with Crippen LogP contribution >= 0.6 is 11.6 Å². The molecule has 0 bridgehead atoms. The van der Waals surface area contributed by atoms with E-state index in [9.17, 15) is 10.1 Å². The lowest BCUT2D eigenvalue weighted by molar-refractivity contribution is -0.384. The highest BCUT2D eigenvalue weighted by Gasteiger charge is 2.11. The van der Waals surface area contributed by atoms with E-state index in [4.69, 9.17) is 16.3 Å². The largest absolute Gasteiger partial charge is 0.439 e. The molecule has 0 aliphatic carbocycles. The van der Waals surface area contributed by atoms with Gasteiger partial charge in [0.15, 0.2) is 0 Å². The third-order valence-corrected chi connectivity index (χ3v) is 2.81. The lowest BCUT2D eigenvalue weighted by atomic mass is 10.2. The van der Waals surface area contributed by atoms with Crippen molar-refractivity contribution in [2.24, 2.45) is 0 Å². The van der Waals surface area contributed by atoms with Crippen LogP contribution in [0.2, 0.25) is 5.15 Å². The second-order valence-electron chi connectivity index (χ2n) is 4.11. The minimum Gasteiger partial charge on any atom is -0.439 e. The first-order valence-electron chi connectivity index (χ1n) is 5.96. The normalized spacial score (nSPS) is 10.3. The van der Waals surface area contributed by atoms with Gasteiger partial charge in [0, 0.05) is 24.6 Å². The summed E-state index contributed by atoms with van der Waals surface area (Å²) in [5, 5.41) is 11.0. The molecule has 0 unspecified atom stereocenters. The SMILES string of the molecule is CCc1nc(Cl)cc(Oc2ccc([N+](=O)[O-])cc2C)n1. The lowest BCUT2D eigenvalue weighted by Gasteiger charge is -2.08. The van der Waals surface area contributed by atoms with E-state index in [0.29, 0.717) is 34.6 Å². The quantitative estimate of drug-likeness (QED) is 0.488. The average Bonchev–Trinajstić information content (AvgIpc) is 2.40. The van der Waals surface area contributed by atoms with Crippen LogP contribution in [0.25, 0.3) is 0 Å². The van der Waals surface area contributed by atoms with Crippen LogP contribution in [0.1, 0.15) is 18.3 Å². The lowest BCUT2D eigenvalue weighted by Crippen LogP contribution is -1.97. The molecule has 0 amide bonds. The third-order valence-electron chi connectivity index (χ3n) is 2.62. The van der Waals surface area contributed by atoms with E-state index in [-0.39, 0.29) is 5.69 Å². The number of halogens is 1. The first kappa shape index (κ1) is 14.2. The fraction of sp³-hybridized carbons (Fsp3) is 0.231. The van der Waals surface area contributed by atoms with Crippen LogP contribution in [0.5, 0.6) is 11.6 Å². The smallest absolute Gasteiger partial charge is 0.269 e. The van der Waals surface area contributed by atoms with Crippen LogP contribution < -0.4 is 4.74 Å². The molecule has 0 radical (unpaired) electrons. The number of ether oxygens (including phenoxy) is 1. The van der Waals surface area contributed by atoms with Gasteiger partial charge in [0.25, 0.3) is 5.69 Å². The van der Waals surface area contributed by atoms with E-state index in [2.05, 4.69) is 9.97 Å². The van der Waals surface area contributed by atoms with Gasteiger partial charge in [-0.2, -0.15) is 4.98 Å². The van der Waals surface area contributed by atoms with E-state index in [1.165, 1.54) is 24.3 Å². The van der Waals surface area contributed by atoms with Crippen molar-refractivity contribution in [3.63, 3.8) is 0 Å². The van der Waals surface area contributed by atoms with Gasteiger partial charge in [0.1, 0.15) is 16.7 Å². The highest BCUT2D eigenvalue weighted by atomic mass is 35.5. The Hall–Kier alpha value is -2.21. The maximum atomic E-state index is 10.7. The van der Waals surface area contributed by atoms with E-state index >= 15 is 0 Å². The topological polar surface area (TPSA) is 78.2 Å². The van der Waals surface area contributed by atoms with Crippen LogP contribution in [0.4, 0.5) is 5.69 Å². The zero-order valence-electron chi connectivity index (χ0n) is 11.0. The number of hydrogen-bond acceptors (Lipinski definition) is 5. The summed E-state index contributed by atoms with van der Waals surface area (Å²) < 4.78 is 5.61. The maximum absolute atomic E-state index is 10.7. The van der Waals surface area contributed by atoms with Crippen molar-refractivity contribution in [3.05, 3.63) is 50.9 Å². The molecule has 20 heavy (non-hydrogen) atoms. The van der Waals surface area contributed by atoms with E-state index in [1.807, 2.05) is 6.92 Å². The number of hydrogen-bond donors (Lipinski definition) is 0. The zero-order valence-corrected chi connectivity index (χ0v) is 11.7. The van der Waals surface area contributed by atoms with Crippen LogP contribution in [0.3, 0.4) is 0 Å². The molecule has 0 spiro atoms. The van der Waals surface area contributed by atoms with Gasteiger partial charge < -0.3 is 4.74 Å². The van der Waals surface area contributed by atoms with Gasteiger partial charge in [-0.05, 0) is 18.6 Å². The molecule has 0 atom stereocenters. The van der Waals surface area contributed by atoms with E-state index in [1.54, 1.807) is 6.92 Å². The summed E-state index contributed by atoms with van der Waals surface area (Å²) in [5.41, 5.74) is 0.664. The number of nitro groups is 1. The van der Waals surface area contributed by atoms with Crippen molar-refractivity contribution in [2.45, 2.75) is 20.3 Å². The van der Waals surface area contributed by atoms with Gasteiger partial charge in [0.2, 0.25) is 5.88 Å². The Morgan fingerprint density at radius 3 is 2.70 bits per heavy atom. The van der Waals surface area contributed by atoms with Crippen LogP contribution in [-0.2, 0) is 6.42 Å². The summed E-state index contributed by atoms with van der Waals surface area (Å²) in [6.07, 6.45) is 0.635. The molecule has 6 nitrogen and oxygen atoms in total. The molecular formula is C13H12ClN3O3. The van der Waals surface area contributed by atoms with Crippen molar-refractivity contribution in [2.75, 3.05) is 0 Å². The Balaban J connectivity index is 2.30. The van der Waals surface area contributed by atoms with Gasteiger partial charge >= 0.3 is 0 Å². The molecule has 2 aromatic rings. The summed E-state index contributed by atoms with van der Waals surface area (Å²) in [5.74, 6) is 1.39. The van der Waals surface area contributed by atoms with Gasteiger partial charge in [-0.25, -0.2) is 4.98 Å². The first-order chi connectivity index (χ1) is 9.49. The predicted octanol–water partition coefficient (Wildman–Crippen LogP) is 3.70. The minimum atomic E-state index is -0.451. The minimum absolute atomic E-state index is 0.0183. The summed E-state index contributed by atoms with van der Waals surface area (Å²) in [7, 11) is 0. The van der Waals surface area contributed by atoms with Crippen molar-refractivity contribution in [1.29, 1.82) is 0 Å².